The number of nitrogens with one attached hydrogen (secondary N) is 1. The number of aryl methyl sites for hydroxylation is 1. The van der Waals surface area contributed by atoms with Gasteiger partial charge < -0.3 is 4.74 Å². The molecule has 2 aliphatic rings. The first-order chi connectivity index (χ1) is 15.9. The molecule has 8 nitrogen and oxygen atoms in total. The van der Waals surface area contributed by atoms with E-state index in [1.165, 1.54) is 9.87 Å². The monoisotopic (exact) mass is 509 g/mol. The Morgan fingerprint density at radius 3 is 2.26 bits per heavy atom. The molecule has 1 aromatic carbocycles. The number of amides is 1. The van der Waals surface area contributed by atoms with Crippen molar-refractivity contribution < 1.29 is 23.2 Å². The van der Waals surface area contributed by atoms with Gasteiger partial charge in [0.2, 0.25) is 10.0 Å². The summed E-state index contributed by atoms with van der Waals surface area (Å²) in [5.41, 5.74) is 5.99. The minimum absolute atomic E-state index is 0. The molecule has 0 unspecified atom stereocenters. The van der Waals surface area contributed by atoms with Crippen LogP contribution in [-0.2, 0) is 26.0 Å². The highest BCUT2D eigenvalue weighted by atomic mass is 35.5. The standard InChI is InChI=1S/C24H31N3O5S.ClH/c1-2-18-3-5-19(6-4-18)21-7-8-22(25-17-21)20-9-13-27(14-10-20)33(30,31)24(23(28)26-29)11-15-32-16-12-24;/h3-8,17,20,29H,2,9-16H2,1H3,(H,26,28);1H. The van der Waals surface area contributed by atoms with Gasteiger partial charge in [-0.05, 0) is 36.5 Å². The Labute approximate surface area is 207 Å². The number of benzene rings is 1. The molecular formula is C24H32ClN3O5S. The fourth-order valence-electron chi connectivity index (χ4n) is 4.79. The highest BCUT2D eigenvalue weighted by molar-refractivity contribution is 7.91. The van der Waals surface area contributed by atoms with Crippen molar-refractivity contribution >= 4 is 28.3 Å². The zero-order valence-corrected chi connectivity index (χ0v) is 20.9. The van der Waals surface area contributed by atoms with Crippen LogP contribution in [0.15, 0.2) is 42.6 Å². The first-order valence-electron chi connectivity index (χ1n) is 11.5. The number of hydrogen-bond donors (Lipinski definition) is 2. The van der Waals surface area contributed by atoms with Crippen LogP contribution in [0.1, 0.15) is 49.8 Å². The van der Waals surface area contributed by atoms with Crippen molar-refractivity contribution in [1.29, 1.82) is 0 Å². The van der Waals surface area contributed by atoms with Gasteiger partial charge in [0.05, 0.1) is 0 Å². The van der Waals surface area contributed by atoms with E-state index < -0.39 is 20.7 Å². The fraction of sp³-hybridized carbons (Fsp3) is 0.500. The SMILES string of the molecule is CCc1ccc(-c2ccc(C3CCN(S(=O)(=O)C4(C(=O)NO)CCOCC4)CC3)nc2)cc1.Cl. The summed E-state index contributed by atoms with van der Waals surface area (Å²) in [5, 5.41) is 9.20. The van der Waals surface area contributed by atoms with Crippen molar-refractivity contribution in [3.63, 3.8) is 0 Å². The number of pyridine rings is 1. The summed E-state index contributed by atoms with van der Waals surface area (Å²) in [6, 6.07) is 12.6. The quantitative estimate of drug-likeness (QED) is 0.457. The largest absolute Gasteiger partial charge is 0.381 e. The van der Waals surface area contributed by atoms with Gasteiger partial charge in [-0.25, -0.2) is 18.2 Å². The lowest BCUT2D eigenvalue weighted by molar-refractivity contribution is -0.134. The van der Waals surface area contributed by atoms with Crippen LogP contribution in [0.2, 0.25) is 0 Å². The molecule has 0 spiro atoms. The van der Waals surface area contributed by atoms with Crippen molar-refractivity contribution in [2.45, 2.75) is 49.7 Å². The third-order valence-electron chi connectivity index (χ3n) is 7.00. The number of ether oxygens (including phenoxy) is 1. The summed E-state index contributed by atoms with van der Waals surface area (Å²) in [4.78, 5) is 17.1. The average Bonchev–Trinajstić information content (AvgIpc) is 2.88. The van der Waals surface area contributed by atoms with Crippen LogP contribution in [-0.4, -0.2) is 59.9 Å². The second-order valence-corrected chi connectivity index (χ2v) is 11.0. The van der Waals surface area contributed by atoms with Crippen LogP contribution in [0.3, 0.4) is 0 Å². The third kappa shape index (κ3) is 4.99. The number of rotatable bonds is 6. The van der Waals surface area contributed by atoms with Gasteiger partial charge in [-0.15, -0.1) is 12.4 Å². The summed E-state index contributed by atoms with van der Waals surface area (Å²) in [6.07, 6.45) is 4.20. The molecule has 1 amide bonds. The van der Waals surface area contributed by atoms with E-state index in [1.54, 1.807) is 5.48 Å². The van der Waals surface area contributed by atoms with Gasteiger partial charge in [0, 0.05) is 62.5 Å². The summed E-state index contributed by atoms with van der Waals surface area (Å²) in [5.74, 6) is -0.720. The number of aromatic nitrogens is 1. The van der Waals surface area contributed by atoms with Crippen molar-refractivity contribution in [2.24, 2.45) is 0 Å². The predicted molar refractivity (Wildman–Crippen MR) is 131 cm³/mol. The number of halogens is 1. The van der Waals surface area contributed by atoms with Crippen LogP contribution in [0.4, 0.5) is 0 Å². The molecule has 10 heteroatoms. The normalized spacial score (nSPS) is 19.2. The fourth-order valence-corrected chi connectivity index (χ4v) is 6.94. The lowest BCUT2D eigenvalue weighted by atomic mass is 9.93. The van der Waals surface area contributed by atoms with Gasteiger partial charge in [0.15, 0.2) is 4.75 Å². The Balaban J connectivity index is 0.00000324. The number of carbonyl (C=O) groups excluding carboxylic acids is 1. The topological polar surface area (TPSA) is 109 Å². The molecule has 0 bridgehead atoms. The van der Waals surface area contributed by atoms with Crippen LogP contribution in [0.25, 0.3) is 11.1 Å². The minimum Gasteiger partial charge on any atom is -0.381 e. The molecule has 0 saturated carbocycles. The van der Waals surface area contributed by atoms with E-state index in [4.69, 9.17) is 4.74 Å². The number of piperidine rings is 1. The summed E-state index contributed by atoms with van der Waals surface area (Å²) in [6.45, 7) is 3.10. The van der Waals surface area contributed by atoms with E-state index in [0.29, 0.717) is 25.9 Å². The van der Waals surface area contributed by atoms with E-state index in [2.05, 4.69) is 42.2 Å². The molecule has 0 radical (unpaired) electrons. The smallest absolute Gasteiger partial charge is 0.266 e. The molecule has 4 rings (SSSR count). The van der Waals surface area contributed by atoms with Crippen LogP contribution in [0, 0.1) is 0 Å². The van der Waals surface area contributed by atoms with Crippen molar-refractivity contribution in [2.75, 3.05) is 26.3 Å². The number of hydroxylamine groups is 1. The van der Waals surface area contributed by atoms with Crippen molar-refractivity contribution in [3.8, 4) is 11.1 Å². The molecule has 2 N–H and O–H groups in total. The highest BCUT2D eigenvalue weighted by Gasteiger charge is 2.54. The van der Waals surface area contributed by atoms with E-state index in [0.717, 1.165) is 23.2 Å². The van der Waals surface area contributed by atoms with Crippen LogP contribution in [0.5, 0.6) is 0 Å². The maximum absolute atomic E-state index is 13.4. The van der Waals surface area contributed by atoms with E-state index >= 15 is 0 Å². The molecule has 2 aromatic rings. The van der Waals surface area contributed by atoms with E-state index in [1.807, 2.05) is 12.3 Å². The number of sulfonamides is 1. The highest BCUT2D eigenvalue weighted by Crippen LogP contribution is 2.36. The molecule has 2 fully saturated rings. The van der Waals surface area contributed by atoms with Gasteiger partial charge >= 0.3 is 0 Å². The predicted octanol–water partition coefficient (Wildman–Crippen LogP) is 3.30. The van der Waals surface area contributed by atoms with Gasteiger partial charge in [0.1, 0.15) is 0 Å². The Morgan fingerprint density at radius 1 is 1.12 bits per heavy atom. The van der Waals surface area contributed by atoms with Crippen LogP contribution >= 0.6 is 12.4 Å². The summed E-state index contributed by atoms with van der Waals surface area (Å²) < 4.78 is 31.9. The third-order valence-corrected chi connectivity index (χ3v) is 9.63. The van der Waals surface area contributed by atoms with Crippen LogP contribution < -0.4 is 5.48 Å². The average molecular weight is 510 g/mol. The van der Waals surface area contributed by atoms with Crippen molar-refractivity contribution in [3.05, 3.63) is 53.9 Å². The molecule has 3 heterocycles. The zero-order valence-electron chi connectivity index (χ0n) is 19.3. The van der Waals surface area contributed by atoms with Crippen molar-refractivity contribution in [1.82, 2.24) is 14.8 Å². The first kappa shape index (κ1) is 26.6. The molecule has 2 aliphatic heterocycles. The Hall–Kier alpha value is -2.04. The van der Waals surface area contributed by atoms with Gasteiger partial charge in [-0.2, -0.15) is 0 Å². The Bertz CT molecular complexity index is 1060. The first-order valence-corrected chi connectivity index (χ1v) is 12.9. The minimum atomic E-state index is -3.95. The summed E-state index contributed by atoms with van der Waals surface area (Å²) in [7, 11) is -3.95. The molecule has 0 atom stereocenters. The lowest BCUT2D eigenvalue weighted by Gasteiger charge is -2.40. The zero-order chi connectivity index (χ0) is 23.5. The maximum atomic E-state index is 13.4. The number of hydrogen-bond acceptors (Lipinski definition) is 6. The molecule has 186 valence electrons. The van der Waals surface area contributed by atoms with E-state index in [9.17, 15) is 18.4 Å². The van der Waals surface area contributed by atoms with Gasteiger partial charge in [0.25, 0.3) is 5.91 Å². The second-order valence-electron chi connectivity index (χ2n) is 8.75. The molecule has 34 heavy (non-hydrogen) atoms. The second kappa shape index (κ2) is 11.1. The number of carbonyl (C=O) groups is 1. The molecule has 2 saturated heterocycles. The maximum Gasteiger partial charge on any atom is 0.266 e. The molecule has 0 aliphatic carbocycles. The van der Waals surface area contributed by atoms with E-state index in [-0.39, 0.29) is 44.4 Å². The lowest BCUT2D eigenvalue weighted by Crippen LogP contribution is -2.60. The molecule has 1 aromatic heterocycles. The van der Waals surface area contributed by atoms with Gasteiger partial charge in [-0.1, -0.05) is 37.3 Å². The Morgan fingerprint density at radius 2 is 1.74 bits per heavy atom. The summed E-state index contributed by atoms with van der Waals surface area (Å²) >= 11 is 0. The van der Waals surface area contributed by atoms with Gasteiger partial charge in [-0.3, -0.25) is 15.0 Å². The Kier molecular flexibility index (Phi) is 8.70. The number of nitrogens with zero attached hydrogens (tertiary/aromatic N) is 2. The molecular weight excluding hydrogens is 478 g/mol.